The first-order valence-corrected chi connectivity index (χ1v) is 7.03. The molecule has 0 radical (unpaired) electrons. The molecule has 0 unspecified atom stereocenters. The van der Waals surface area contributed by atoms with Gasteiger partial charge in [0.1, 0.15) is 0 Å². The largest absolute Gasteiger partial charge is 0.386 e. The monoisotopic (exact) mass is 224 g/mol. The first-order chi connectivity index (χ1) is 7.65. The number of hydrogen-bond donors (Lipinski definition) is 1. The van der Waals surface area contributed by atoms with Crippen LogP contribution in [0.15, 0.2) is 12.2 Å². The fourth-order valence-electron chi connectivity index (χ4n) is 2.62. The zero-order chi connectivity index (χ0) is 11.9. The fraction of sp³-hybridized carbons (Fsp3) is 0.867. The van der Waals surface area contributed by atoms with Crippen molar-refractivity contribution in [1.29, 1.82) is 0 Å². The quantitative estimate of drug-likeness (QED) is 0.645. The summed E-state index contributed by atoms with van der Waals surface area (Å²) in [4.78, 5) is 0. The molecule has 1 fully saturated rings. The smallest absolute Gasteiger partial charge is 0.0851 e. The second-order valence-electron chi connectivity index (χ2n) is 5.49. The van der Waals surface area contributed by atoms with E-state index in [1.165, 1.54) is 44.9 Å². The van der Waals surface area contributed by atoms with E-state index in [0.717, 1.165) is 31.3 Å². The molecule has 0 aliphatic heterocycles. The first-order valence-electron chi connectivity index (χ1n) is 7.03. The van der Waals surface area contributed by atoms with Gasteiger partial charge in [-0.15, -0.1) is 0 Å². The Hall–Kier alpha value is -0.300. The second-order valence-corrected chi connectivity index (χ2v) is 5.49. The molecule has 94 valence electrons. The van der Waals surface area contributed by atoms with Crippen LogP contribution in [0.1, 0.15) is 77.6 Å². The van der Waals surface area contributed by atoms with Crippen molar-refractivity contribution in [3.63, 3.8) is 0 Å². The van der Waals surface area contributed by atoms with Gasteiger partial charge in [0.2, 0.25) is 0 Å². The first kappa shape index (κ1) is 13.8. The van der Waals surface area contributed by atoms with E-state index in [2.05, 4.69) is 6.58 Å². The molecule has 0 aromatic rings. The van der Waals surface area contributed by atoms with Gasteiger partial charge in [-0.25, -0.2) is 0 Å². The van der Waals surface area contributed by atoms with Gasteiger partial charge >= 0.3 is 0 Å². The van der Waals surface area contributed by atoms with E-state index in [-0.39, 0.29) is 0 Å². The molecule has 0 atom stereocenters. The predicted octanol–water partition coefficient (Wildman–Crippen LogP) is 4.60. The molecule has 1 aliphatic rings. The molecule has 0 heterocycles. The van der Waals surface area contributed by atoms with E-state index in [1.807, 2.05) is 6.92 Å². The Kier molecular flexibility index (Phi) is 6.12. The van der Waals surface area contributed by atoms with Gasteiger partial charge < -0.3 is 5.11 Å². The van der Waals surface area contributed by atoms with Crippen molar-refractivity contribution < 1.29 is 5.11 Å². The van der Waals surface area contributed by atoms with Crippen LogP contribution >= 0.6 is 0 Å². The topological polar surface area (TPSA) is 20.2 Å². The van der Waals surface area contributed by atoms with Crippen molar-refractivity contribution in [3.8, 4) is 0 Å². The third-order valence-electron chi connectivity index (χ3n) is 3.98. The maximum Gasteiger partial charge on any atom is 0.0851 e. The number of hydrogen-bond acceptors (Lipinski definition) is 1. The Balaban J connectivity index is 2.45. The van der Waals surface area contributed by atoms with Crippen LogP contribution in [0.4, 0.5) is 0 Å². The third kappa shape index (κ3) is 4.69. The van der Waals surface area contributed by atoms with Crippen LogP contribution < -0.4 is 0 Å². The molecular formula is C15H28O. The van der Waals surface area contributed by atoms with Crippen LogP contribution in [0, 0.1) is 0 Å². The zero-order valence-corrected chi connectivity index (χ0v) is 10.9. The van der Waals surface area contributed by atoms with Crippen LogP contribution in [0.2, 0.25) is 0 Å². The molecule has 1 saturated carbocycles. The molecule has 1 rings (SSSR count). The minimum absolute atomic E-state index is 0.570. The minimum atomic E-state index is -0.570. The van der Waals surface area contributed by atoms with Gasteiger partial charge in [0, 0.05) is 0 Å². The van der Waals surface area contributed by atoms with Gasteiger partial charge in [0.05, 0.1) is 5.60 Å². The summed E-state index contributed by atoms with van der Waals surface area (Å²) in [5, 5.41) is 10.5. The molecule has 0 saturated heterocycles. The van der Waals surface area contributed by atoms with E-state index in [9.17, 15) is 5.11 Å². The Morgan fingerprint density at radius 1 is 0.812 bits per heavy atom. The van der Waals surface area contributed by atoms with E-state index < -0.39 is 5.60 Å². The van der Waals surface area contributed by atoms with Crippen LogP contribution in [0.3, 0.4) is 0 Å². The average molecular weight is 224 g/mol. The predicted molar refractivity (Wildman–Crippen MR) is 70.6 cm³/mol. The van der Waals surface area contributed by atoms with Crippen molar-refractivity contribution in [2.45, 2.75) is 83.2 Å². The van der Waals surface area contributed by atoms with E-state index in [0.29, 0.717) is 0 Å². The summed E-state index contributed by atoms with van der Waals surface area (Å²) in [6.45, 7) is 5.95. The van der Waals surface area contributed by atoms with Gasteiger partial charge in [-0.2, -0.15) is 0 Å². The Bertz CT molecular complexity index is 195. The van der Waals surface area contributed by atoms with Crippen molar-refractivity contribution in [2.24, 2.45) is 0 Å². The molecule has 1 heteroatoms. The van der Waals surface area contributed by atoms with Crippen LogP contribution in [-0.4, -0.2) is 10.7 Å². The minimum Gasteiger partial charge on any atom is -0.386 e. The van der Waals surface area contributed by atoms with Gasteiger partial charge in [-0.1, -0.05) is 64.4 Å². The van der Waals surface area contributed by atoms with E-state index in [1.54, 1.807) is 0 Å². The van der Waals surface area contributed by atoms with E-state index >= 15 is 0 Å². The molecule has 0 aromatic heterocycles. The van der Waals surface area contributed by atoms with Gasteiger partial charge in [-0.3, -0.25) is 0 Å². The molecule has 1 N–H and O–H groups in total. The normalized spacial score (nSPS) is 24.1. The highest BCUT2D eigenvalue weighted by atomic mass is 16.3. The summed E-state index contributed by atoms with van der Waals surface area (Å²) in [5.74, 6) is 0. The highest BCUT2D eigenvalue weighted by molar-refractivity contribution is 5.09. The maximum atomic E-state index is 10.5. The van der Waals surface area contributed by atoms with Gasteiger partial charge in [0.15, 0.2) is 0 Å². The second kappa shape index (κ2) is 7.11. The Morgan fingerprint density at radius 3 is 1.44 bits per heavy atom. The highest BCUT2D eigenvalue weighted by Crippen LogP contribution is 2.29. The molecule has 1 aliphatic carbocycles. The molecular weight excluding hydrogens is 196 g/mol. The summed E-state index contributed by atoms with van der Waals surface area (Å²) < 4.78 is 0. The maximum absolute atomic E-state index is 10.5. The van der Waals surface area contributed by atoms with Crippen molar-refractivity contribution in [3.05, 3.63) is 12.2 Å². The Morgan fingerprint density at radius 2 is 1.12 bits per heavy atom. The third-order valence-corrected chi connectivity index (χ3v) is 3.98. The summed E-state index contributed by atoms with van der Waals surface area (Å²) >= 11 is 0. The van der Waals surface area contributed by atoms with Crippen molar-refractivity contribution in [1.82, 2.24) is 0 Å². The lowest BCUT2D eigenvalue weighted by Crippen LogP contribution is -2.29. The SMILES string of the molecule is C=C(C)C1(O)CCCCCCCCCCC1. The lowest BCUT2D eigenvalue weighted by Gasteiger charge is -2.29. The molecule has 0 bridgehead atoms. The summed E-state index contributed by atoms with van der Waals surface area (Å²) in [7, 11) is 0. The van der Waals surface area contributed by atoms with Gasteiger partial charge in [0.25, 0.3) is 0 Å². The number of aliphatic hydroxyl groups is 1. The fourth-order valence-corrected chi connectivity index (χ4v) is 2.62. The summed E-state index contributed by atoms with van der Waals surface area (Å²) in [5.41, 5.74) is 0.392. The molecule has 0 aromatic carbocycles. The van der Waals surface area contributed by atoms with Crippen molar-refractivity contribution >= 4 is 0 Å². The lowest BCUT2D eigenvalue weighted by atomic mass is 9.84. The van der Waals surface area contributed by atoms with Crippen molar-refractivity contribution in [2.75, 3.05) is 0 Å². The van der Waals surface area contributed by atoms with Crippen LogP contribution in [0.5, 0.6) is 0 Å². The lowest BCUT2D eigenvalue weighted by molar-refractivity contribution is 0.0543. The highest BCUT2D eigenvalue weighted by Gasteiger charge is 2.26. The summed E-state index contributed by atoms with van der Waals surface area (Å²) in [6.07, 6.45) is 13.5. The van der Waals surface area contributed by atoms with E-state index in [4.69, 9.17) is 0 Å². The average Bonchev–Trinajstić information content (AvgIpc) is 2.23. The molecule has 1 nitrogen and oxygen atoms in total. The van der Waals surface area contributed by atoms with Crippen LogP contribution in [-0.2, 0) is 0 Å². The van der Waals surface area contributed by atoms with Crippen LogP contribution in [0.25, 0.3) is 0 Å². The zero-order valence-electron chi connectivity index (χ0n) is 10.9. The molecule has 0 spiro atoms. The van der Waals surface area contributed by atoms with Gasteiger partial charge in [-0.05, 0) is 25.3 Å². The molecule has 16 heavy (non-hydrogen) atoms. The molecule has 0 amide bonds. The Labute approximate surface area is 101 Å². The summed E-state index contributed by atoms with van der Waals surface area (Å²) in [6, 6.07) is 0. The number of rotatable bonds is 1. The standard InChI is InChI=1S/C15H28O/c1-14(2)15(16)12-10-8-6-4-3-5-7-9-11-13-15/h16H,1,3-13H2,2H3.